The third kappa shape index (κ3) is 6.22. The average molecular weight is 700 g/mol. The first-order valence-electron chi connectivity index (χ1n) is 18.9. The lowest BCUT2D eigenvalue weighted by molar-refractivity contribution is 1.28. The molecule has 0 atom stereocenters. The van der Waals surface area contributed by atoms with Gasteiger partial charge in [0.05, 0.1) is 0 Å². The van der Waals surface area contributed by atoms with Gasteiger partial charge in [-0.25, -0.2) is 0 Å². The second-order valence-electron chi connectivity index (χ2n) is 14.2. The summed E-state index contributed by atoms with van der Waals surface area (Å²) in [5.74, 6) is 0. The second kappa shape index (κ2) is 14.0. The average Bonchev–Trinajstić information content (AvgIpc) is 3.27. The van der Waals surface area contributed by atoms with Gasteiger partial charge in [0.15, 0.2) is 0 Å². The van der Waals surface area contributed by atoms with Crippen LogP contribution in [0.5, 0.6) is 0 Å². The fourth-order valence-corrected chi connectivity index (χ4v) is 8.04. The Morgan fingerprint density at radius 2 is 0.709 bits per heavy atom. The van der Waals surface area contributed by atoms with E-state index in [2.05, 4.69) is 229 Å². The third-order valence-corrected chi connectivity index (χ3v) is 10.8. The van der Waals surface area contributed by atoms with Crippen molar-refractivity contribution in [2.45, 2.75) is 0 Å². The van der Waals surface area contributed by atoms with Crippen LogP contribution < -0.4 is 4.90 Å². The Kier molecular flexibility index (Phi) is 8.24. The topological polar surface area (TPSA) is 3.24 Å². The van der Waals surface area contributed by atoms with Gasteiger partial charge < -0.3 is 4.90 Å². The first-order valence-corrected chi connectivity index (χ1v) is 18.9. The largest absolute Gasteiger partial charge is 0.310 e. The lowest BCUT2D eigenvalue weighted by Crippen LogP contribution is -2.10. The summed E-state index contributed by atoms with van der Waals surface area (Å²) in [4.78, 5) is 2.37. The van der Waals surface area contributed by atoms with Crippen LogP contribution in [0.15, 0.2) is 224 Å². The van der Waals surface area contributed by atoms with E-state index in [9.17, 15) is 0 Å². The summed E-state index contributed by atoms with van der Waals surface area (Å²) in [5, 5.41) is 7.57. The first kappa shape index (κ1) is 32.4. The monoisotopic (exact) mass is 699 g/mol. The molecule has 10 aromatic carbocycles. The van der Waals surface area contributed by atoms with Crippen LogP contribution in [0.4, 0.5) is 17.1 Å². The van der Waals surface area contributed by atoms with Gasteiger partial charge in [-0.2, -0.15) is 0 Å². The molecule has 0 fully saturated rings. The fraction of sp³-hybridized carbons (Fsp3) is 0. The smallest absolute Gasteiger partial charge is 0.0467 e. The molecule has 0 radical (unpaired) electrons. The Labute approximate surface area is 322 Å². The van der Waals surface area contributed by atoms with E-state index < -0.39 is 0 Å². The Bertz CT molecular complexity index is 2960. The number of hydrogen-bond acceptors (Lipinski definition) is 1. The van der Waals surface area contributed by atoms with Crippen LogP contribution in [-0.4, -0.2) is 0 Å². The van der Waals surface area contributed by atoms with E-state index in [1.54, 1.807) is 0 Å². The van der Waals surface area contributed by atoms with Gasteiger partial charge in [0, 0.05) is 17.1 Å². The maximum atomic E-state index is 2.37. The van der Waals surface area contributed by atoms with Crippen molar-refractivity contribution in [1.29, 1.82) is 0 Å². The minimum atomic E-state index is 1.10. The molecule has 0 spiro atoms. The zero-order valence-corrected chi connectivity index (χ0v) is 30.3. The summed E-state index contributed by atoms with van der Waals surface area (Å²) in [6.45, 7) is 0. The number of hydrogen-bond donors (Lipinski definition) is 0. The van der Waals surface area contributed by atoms with Crippen LogP contribution in [0.2, 0.25) is 0 Å². The van der Waals surface area contributed by atoms with Crippen LogP contribution in [0, 0.1) is 0 Å². The molecule has 0 unspecified atom stereocenters. The van der Waals surface area contributed by atoms with E-state index in [4.69, 9.17) is 0 Å². The molecule has 10 rings (SSSR count). The van der Waals surface area contributed by atoms with Crippen molar-refractivity contribution in [2.75, 3.05) is 4.90 Å². The van der Waals surface area contributed by atoms with Gasteiger partial charge in [-0.15, -0.1) is 0 Å². The van der Waals surface area contributed by atoms with Crippen molar-refractivity contribution >= 4 is 49.4 Å². The molecule has 0 aliphatic carbocycles. The number of benzene rings is 10. The van der Waals surface area contributed by atoms with Crippen molar-refractivity contribution in [3.05, 3.63) is 224 Å². The predicted molar refractivity (Wildman–Crippen MR) is 235 cm³/mol. The summed E-state index contributed by atoms with van der Waals surface area (Å²) in [6, 6.07) is 81.4. The standard InChI is InChI=1S/C54H37N/c1-2-12-38(13-3-1)40-26-30-48(31-27-40)55(50-20-11-19-46(36-50)54-37-47-16-6-7-21-51(47)52-22-8-9-23-53(52)54)49-32-28-41(29-33-49)43-17-10-18-44(34-43)45-25-24-39-14-4-5-15-42(39)35-45/h1-37H. The van der Waals surface area contributed by atoms with Crippen LogP contribution in [0.25, 0.3) is 76.8 Å². The van der Waals surface area contributed by atoms with Crippen LogP contribution in [0.1, 0.15) is 0 Å². The van der Waals surface area contributed by atoms with E-state index in [1.807, 2.05) is 0 Å². The molecule has 0 bridgehead atoms. The molecule has 0 N–H and O–H groups in total. The van der Waals surface area contributed by atoms with Crippen molar-refractivity contribution < 1.29 is 0 Å². The zero-order valence-electron chi connectivity index (χ0n) is 30.3. The van der Waals surface area contributed by atoms with E-state index in [-0.39, 0.29) is 0 Å². The van der Waals surface area contributed by atoms with Crippen molar-refractivity contribution in [1.82, 2.24) is 0 Å². The van der Waals surface area contributed by atoms with E-state index in [0.29, 0.717) is 0 Å². The lowest BCUT2D eigenvalue weighted by Gasteiger charge is -2.26. The molecule has 0 amide bonds. The fourth-order valence-electron chi connectivity index (χ4n) is 8.04. The lowest BCUT2D eigenvalue weighted by atomic mass is 9.93. The van der Waals surface area contributed by atoms with E-state index in [1.165, 1.54) is 76.8 Å². The summed E-state index contributed by atoms with van der Waals surface area (Å²) < 4.78 is 0. The van der Waals surface area contributed by atoms with Gasteiger partial charge in [-0.05, 0) is 131 Å². The van der Waals surface area contributed by atoms with Crippen LogP contribution in [0.3, 0.4) is 0 Å². The molecular formula is C54H37N. The molecule has 1 nitrogen and oxygen atoms in total. The normalized spacial score (nSPS) is 11.3. The molecule has 10 aromatic rings. The van der Waals surface area contributed by atoms with Gasteiger partial charge in [0.1, 0.15) is 0 Å². The molecule has 0 heterocycles. The number of anilines is 3. The minimum Gasteiger partial charge on any atom is -0.310 e. The Balaban J connectivity index is 1.06. The van der Waals surface area contributed by atoms with Gasteiger partial charge in [-0.1, -0.05) is 170 Å². The molecule has 258 valence electrons. The molecule has 0 saturated heterocycles. The molecule has 0 aromatic heterocycles. The Morgan fingerprint density at radius 1 is 0.218 bits per heavy atom. The summed E-state index contributed by atoms with van der Waals surface area (Å²) >= 11 is 0. The first-order chi connectivity index (χ1) is 27.2. The van der Waals surface area contributed by atoms with Crippen LogP contribution >= 0.6 is 0 Å². The van der Waals surface area contributed by atoms with Crippen LogP contribution in [-0.2, 0) is 0 Å². The second-order valence-corrected chi connectivity index (χ2v) is 14.2. The highest BCUT2D eigenvalue weighted by atomic mass is 15.1. The van der Waals surface area contributed by atoms with Gasteiger partial charge in [-0.3, -0.25) is 0 Å². The van der Waals surface area contributed by atoms with Crippen molar-refractivity contribution in [3.8, 4) is 44.5 Å². The number of nitrogens with zero attached hydrogens (tertiary/aromatic N) is 1. The predicted octanol–water partition coefficient (Wildman–Crippen LogP) is 15.3. The minimum absolute atomic E-state index is 1.10. The highest BCUT2D eigenvalue weighted by Gasteiger charge is 2.16. The number of rotatable bonds is 7. The van der Waals surface area contributed by atoms with Gasteiger partial charge in [0.25, 0.3) is 0 Å². The highest BCUT2D eigenvalue weighted by molar-refractivity contribution is 6.14. The maximum Gasteiger partial charge on any atom is 0.0467 e. The van der Waals surface area contributed by atoms with E-state index >= 15 is 0 Å². The molecule has 0 aliphatic rings. The van der Waals surface area contributed by atoms with Gasteiger partial charge >= 0.3 is 0 Å². The Hall–Kier alpha value is -7.22. The highest BCUT2D eigenvalue weighted by Crippen LogP contribution is 2.41. The third-order valence-electron chi connectivity index (χ3n) is 10.8. The van der Waals surface area contributed by atoms with Crippen molar-refractivity contribution in [2.24, 2.45) is 0 Å². The molecule has 0 aliphatic heterocycles. The Morgan fingerprint density at radius 3 is 1.45 bits per heavy atom. The van der Waals surface area contributed by atoms with Gasteiger partial charge in [0.2, 0.25) is 0 Å². The summed E-state index contributed by atoms with van der Waals surface area (Å²) in [5.41, 5.74) is 12.9. The molecule has 1 heteroatoms. The number of fused-ring (bicyclic) bond motifs is 4. The molecule has 55 heavy (non-hydrogen) atoms. The molecule has 0 saturated carbocycles. The molecular weight excluding hydrogens is 663 g/mol. The zero-order chi connectivity index (χ0) is 36.6. The van der Waals surface area contributed by atoms with E-state index in [0.717, 1.165) is 17.1 Å². The summed E-state index contributed by atoms with van der Waals surface area (Å²) in [6.07, 6.45) is 0. The quantitative estimate of drug-likeness (QED) is 0.150. The maximum absolute atomic E-state index is 2.37. The van der Waals surface area contributed by atoms with Crippen molar-refractivity contribution in [3.63, 3.8) is 0 Å². The summed E-state index contributed by atoms with van der Waals surface area (Å²) in [7, 11) is 0. The SMILES string of the molecule is c1ccc(-c2ccc(N(c3ccc(-c4cccc(-c5ccc6ccccc6c5)c4)cc3)c3cccc(-c4cc5ccccc5c5ccccc45)c3)cc2)cc1.